The molecule has 0 atom stereocenters. The summed E-state index contributed by atoms with van der Waals surface area (Å²) in [7, 11) is 3.94. The van der Waals surface area contributed by atoms with Gasteiger partial charge in [-0.15, -0.1) is 0 Å². The number of nitrogens with one attached hydrogen (secondary N) is 1. The Bertz CT molecular complexity index is 415. The van der Waals surface area contributed by atoms with Crippen LogP contribution in [0.5, 0.6) is 5.75 Å². The molecule has 1 N–H and O–H groups in total. The highest BCUT2D eigenvalue weighted by Gasteiger charge is 2.20. The van der Waals surface area contributed by atoms with E-state index >= 15 is 0 Å². The van der Waals surface area contributed by atoms with E-state index in [-0.39, 0.29) is 0 Å². The maximum atomic E-state index is 5.50. The highest BCUT2D eigenvalue weighted by atomic mass is 16.5. The average molecular weight is 276 g/mol. The monoisotopic (exact) mass is 276 g/mol. The van der Waals surface area contributed by atoms with Crippen LogP contribution in [0.1, 0.15) is 43.7 Å². The lowest BCUT2D eigenvalue weighted by molar-refractivity contribution is 0.312. The van der Waals surface area contributed by atoms with E-state index in [1.54, 1.807) is 7.11 Å². The predicted octanol–water partition coefficient (Wildman–Crippen LogP) is 3.18. The fraction of sp³-hybridized carbons (Fsp3) is 0.647. The Labute approximate surface area is 123 Å². The first-order valence-electron chi connectivity index (χ1n) is 7.80. The molecule has 1 aromatic carbocycles. The van der Waals surface area contributed by atoms with E-state index in [1.807, 2.05) is 0 Å². The van der Waals surface area contributed by atoms with E-state index in [9.17, 15) is 0 Å². The van der Waals surface area contributed by atoms with Crippen molar-refractivity contribution >= 4 is 0 Å². The first-order chi connectivity index (χ1) is 9.72. The molecule has 0 bridgehead atoms. The van der Waals surface area contributed by atoms with Crippen LogP contribution < -0.4 is 10.1 Å². The quantitative estimate of drug-likeness (QED) is 0.749. The summed E-state index contributed by atoms with van der Waals surface area (Å²) >= 11 is 0. The van der Waals surface area contributed by atoms with Crippen LogP contribution in [0.25, 0.3) is 0 Å². The average Bonchev–Trinajstić information content (AvgIpc) is 3.27. The molecule has 1 fully saturated rings. The molecule has 0 aromatic heterocycles. The van der Waals surface area contributed by atoms with Gasteiger partial charge in [0.25, 0.3) is 0 Å². The van der Waals surface area contributed by atoms with Crippen molar-refractivity contribution in [2.75, 3.05) is 20.7 Å². The molecular weight excluding hydrogens is 248 g/mol. The van der Waals surface area contributed by atoms with Gasteiger partial charge < -0.3 is 15.0 Å². The number of hydrogen-bond donors (Lipinski definition) is 1. The number of methoxy groups -OCH3 is 1. The lowest BCUT2D eigenvalue weighted by Crippen LogP contribution is -2.20. The molecule has 0 heterocycles. The highest BCUT2D eigenvalue weighted by molar-refractivity contribution is 5.37. The van der Waals surface area contributed by atoms with Crippen molar-refractivity contribution in [3.63, 3.8) is 0 Å². The van der Waals surface area contributed by atoms with Gasteiger partial charge in [-0.3, -0.25) is 0 Å². The number of rotatable bonds is 9. The molecule has 0 spiro atoms. The van der Waals surface area contributed by atoms with Crippen LogP contribution in [-0.2, 0) is 13.1 Å². The van der Waals surface area contributed by atoms with E-state index in [1.165, 1.54) is 36.8 Å². The molecule has 0 radical (unpaired) electrons. The minimum Gasteiger partial charge on any atom is -0.496 e. The van der Waals surface area contributed by atoms with Crippen LogP contribution >= 0.6 is 0 Å². The molecule has 0 saturated heterocycles. The molecule has 3 heteroatoms. The molecule has 1 aliphatic carbocycles. The summed E-state index contributed by atoms with van der Waals surface area (Å²) in [6.07, 6.45) is 5.17. The van der Waals surface area contributed by atoms with Gasteiger partial charge in [0.15, 0.2) is 0 Å². The Kier molecular flexibility index (Phi) is 5.86. The first kappa shape index (κ1) is 15.3. The van der Waals surface area contributed by atoms with Crippen LogP contribution in [-0.4, -0.2) is 31.6 Å². The van der Waals surface area contributed by atoms with Gasteiger partial charge in [-0.25, -0.2) is 0 Å². The molecule has 0 unspecified atom stereocenters. The van der Waals surface area contributed by atoms with Crippen LogP contribution in [0, 0.1) is 0 Å². The zero-order valence-corrected chi connectivity index (χ0v) is 13.1. The van der Waals surface area contributed by atoms with Crippen molar-refractivity contribution in [1.29, 1.82) is 0 Å². The molecule has 0 aliphatic heterocycles. The number of hydrogen-bond acceptors (Lipinski definition) is 3. The Morgan fingerprint density at radius 1 is 1.35 bits per heavy atom. The number of nitrogens with zero attached hydrogens (tertiary/aromatic N) is 1. The van der Waals surface area contributed by atoms with Crippen molar-refractivity contribution in [3.8, 4) is 5.75 Å². The zero-order chi connectivity index (χ0) is 14.4. The second kappa shape index (κ2) is 7.65. The van der Waals surface area contributed by atoms with Crippen molar-refractivity contribution < 1.29 is 4.74 Å². The lowest BCUT2D eigenvalue weighted by Gasteiger charge is -2.19. The summed E-state index contributed by atoms with van der Waals surface area (Å²) in [4.78, 5) is 2.37. The molecule has 20 heavy (non-hydrogen) atoms. The lowest BCUT2D eigenvalue weighted by atomic mass is 10.1. The highest BCUT2D eigenvalue weighted by Crippen LogP contribution is 2.23. The largest absolute Gasteiger partial charge is 0.496 e. The fourth-order valence-corrected chi connectivity index (χ4v) is 2.41. The molecule has 0 amide bonds. The van der Waals surface area contributed by atoms with E-state index in [4.69, 9.17) is 4.74 Å². The van der Waals surface area contributed by atoms with Gasteiger partial charge >= 0.3 is 0 Å². The van der Waals surface area contributed by atoms with Crippen LogP contribution in [0.15, 0.2) is 18.2 Å². The molecule has 1 aliphatic rings. The number of benzene rings is 1. The minimum absolute atomic E-state index is 0.757. The van der Waals surface area contributed by atoms with Crippen molar-refractivity contribution in [2.45, 2.75) is 51.7 Å². The molecular formula is C17H28N2O. The Balaban J connectivity index is 1.97. The molecule has 2 rings (SSSR count). The molecule has 3 nitrogen and oxygen atoms in total. The maximum Gasteiger partial charge on any atom is 0.123 e. The van der Waals surface area contributed by atoms with E-state index in [0.717, 1.165) is 31.4 Å². The first-order valence-corrected chi connectivity index (χ1v) is 7.80. The SMILES string of the molecule is CCCCN(C)Cc1cc(CNC2CC2)ccc1OC. The van der Waals surface area contributed by atoms with Gasteiger partial charge in [-0.1, -0.05) is 19.4 Å². The molecule has 1 aromatic rings. The van der Waals surface area contributed by atoms with Crippen molar-refractivity contribution in [3.05, 3.63) is 29.3 Å². The Hall–Kier alpha value is -1.06. The maximum absolute atomic E-state index is 5.50. The Morgan fingerprint density at radius 3 is 2.80 bits per heavy atom. The van der Waals surface area contributed by atoms with E-state index in [2.05, 4.69) is 42.4 Å². The predicted molar refractivity (Wildman–Crippen MR) is 84.1 cm³/mol. The second-order valence-corrected chi connectivity index (χ2v) is 5.89. The van der Waals surface area contributed by atoms with Gasteiger partial charge in [0.2, 0.25) is 0 Å². The van der Waals surface area contributed by atoms with Gasteiger partial charge in [0.1, 0.15) is 5.75 Å². The van der Waals surface area contributed by atoms with Crippen LogP contribution in [0.4, 0.5) is 0 Å². The summed E-state index contributed by atoms with van der Waals surface area (Å²) in [6, 6.07) is 7.32. The summed E-state index contributed by atoms with van der Waals surface area (Å²) < 4.78 is 5.50. The second-order valence-electron chi connectivity index (χ2n) is 5.89. The third-order valence-electron chi connectivity index (χ3n) is 3.85. The van der Waals surface area contributed by atoms with Crippen LogP contribution in [0.2, 0.25) is 0 Å². The van der Waals surface area contributed by atoms with Gasteiger partial charge in [0, 0.05) is 24.7 Å². The topological polar surface area (TPSA) is 24.5 Å². The summed E-state index contributed by atoms with van der Waals surface area (Å²) in [5.74, 6) is 1.00. The Morgan fingerprint density at radius 2 is 2.15 bits per heavy atom. The molecule has 112 valence electrons. The van der Waals surface area contributed by atoms with E-state index in [0.29, 0.717) is 0 Å². The third-order valence-corrected chi connectivity index (χ3v) is 3.85. The van der Waals surface area contributed by atoms with Crippen LogP contribution in [0.3, 0.4) is 0 Å². The number of ether oxygens (including phenoxy) is 1. The summed E-state index contributed by atoms with van der Waals surface area (Å²) in [6.45, 7) is 5.31. The van der Waals surface area contributed by atoms with Gasteiger partial charge in [-0.05, 0) is 50.6 Å². The normalized spacial score (nSPS) is 14.8. The number of unbranched alkanes of at least 4 members (excludes halogenated alkanes) is 1. The van der Waals surface area contributed by atoms with Gasteiger partial charge in [0.05, 0.1) is 7.11 Å². The standard InChI is InChI=1S/C17H28N2O/c1-4-5-10-19(2)13-15-11-14(6-9-17(15)20-3)12-18-16-7-8-16/h6,9,11,16,18H,4-5,7-8,10,12-13H2,1-3H3. The molecule has 1 saturated carbocycles. The fourth-order valence-electron chi connectivity index (χ4n) is 2.41. The zero-order valence-electron chi connectivity index (χ0n) is 13.1. The van der Waals surface area contributed by atoms with Crippen molar-refractivity contribution in [2.24, 2.45) is 0 Å². The minimum atomic E-state index is 0.757. The summed E-state index contributed by atoms with van der Waals surface area (Å²) in [5, 5.41) is 3.57. The van der Waals surface area contributed by atoms with E-state index < -0.39 is 0 Å². The van der Waals surface area contributed by atoms with Gasteiger partial charge in [-0.2, -0.15) is 0 Å². The summed E-state index contributed by atoms with van der Waals surface area (Å²) in [5.41, 5.74) is 2.65. The smallest absolute Gasteiger partial charge is 0.123 e. The third kappa shape index (κ3) is 4.80. The van der Waals surface area contributed by atoms with Crippen molar-refractivity contribution in [1.82, 2.24) is 10.2 Å².